The highest BCUT2D eigenvalue weighted by Crippen LogP contribution is 2.36. The molecule has 0 aliphatic carbocycles. The van der Waals surface area contributed by atoms with Crippen molar-refractivity contribution in [1.82, 2.24) is 9.80 Å². The predicted octanol–water partition coefficient (Wildman–Crippen LogP) is 6.41. The Balaban J connectivity index is 1.36. The minimum atomic E-state index is 0.336. The summed E-state index contributed by atoms with van der Waals surface area (Å²) < 4.78 is 5.86. The molecule has 1 aromatic heterocycles. The molecule has 2 atom stereocenters. The van der Waals surface area contributed by atoms with E-state index in [1.54, 1.807) is 0 Å². The second-order valence-corrected chi connectivity index (χ2v) is 11.1. The maximum Gasteiger partial charge on any atom is 0.0519 e. The molecule has 0 spiro atoms. The zero-order valence-corrected chi connectivity index (χ0v) is 20.9. The highest BCUT2D eigenvalue weighted by Gasteiger charge is 2.36. The van der Waals surface area contributed by atoms with E-state index in [1.807, 2.05) is 23.5 Å². The first-order valence-corrected chi connectivity index (χ1v) is 13.2. The van der Waals surface area contributed by atoms with E-state index in [0.29, 0.717) is 23.0 Å². The number of hydrogen-bond donors (Lipinski definition) is 0. The van der Waals surface area contributed by atoms with Crippen LogP contribution in [0.3, 0.4) is 0 Å². The van der Waals surface area contributed by atoms with Gasteiger partial charge in [-0.3, -0.25) is 4.90 Å². The van der Waals surface area contributed by atoms with Gasteiger partial charge in [-0.15, -0.1) is 0 Å². The van der Waals surface area contributed by atoms with Gasteiger partial charge in [-0.2, -0.15) is 11.3 Å². The number of halogens is 2. The molecule has 3 heterocycles. The van der Waals surface area contributed by atoms with E-state index >= 15 is 0 Å². The minimum Gasteiger partial charge on any atom is -0.379 e. The van der Waals surface area contributed by atoms with Crippen LogP contribution < -0.4 is 0 Å². The van der Waals surface area contributed by atoms with Gasteiger partial charge in [-0.25, -0.2) is 0 Å². The summed E-state index contributed by atoms with van der Waals surface area (Å²) in [6, 6.07) is 8.19. The molecule has 170 valence electrons. The van der Waals surface area contributed by atoms with Crippen molar-refractivity contribution in [2.45, 2.75) is 45.3 Å². The Labute approximate surface area is 201 Å². The third-order valence-corrected chi connectivity index (χ3v) is 8.05. The van der Waals surface area contributed by atoms with Gasteiger partial charge in [0.05, 0.1) is 6.10 Å². The molecule has 2 unspecified atom stereocenters. The van der Waals surface area contributed by atoms with Crippen molar-refractivity contribution >= 4 is 34.5 Å². The molecular weight excluding hydrogens is 447 g/mol. The van der Waals surface area contributed by atoms with Gasteiger partial charge in [-0.05, 0) is 91.7 Å². The summed E-state index contributed by atoms with van der Waals surface area (Å²) in [5.74, 6) is 1.97. The SMILES string of the molecule is CC(C)OCC1CCN(CC2CN(Cc3ccc(Cl)cc3Cl)CC2c2ccsc2)CC1. The van der Waals surface area contributed by atoms with Crippen molar-refractivity contribution in [3.63, 3.8) is 0 Å². The van der Waals surface area contributed by atoms with Gasteiger partial charge < -0.3 is 9.64 Å². The van der Waals surface area contributed by atoms with E-state index in [9.17, 15) is 0 Å². The Hall–Kier alpha value is -0.620. The lowest BCUT2D eigenvalue weighted by Gasteiger charge is -2.34. The summed E-state index contributed by atoms with van der Waals surface area (Å²) in [5, 5.41) is 6.03. The first-order chi connectivity index (χ1) is 15.0. The maximum atomic E-state index is 6.47. The predicted molar refractivity (Wildman–Crippen MR) is 133 cm³/mol. The van der Waals surface area contributed by atoms with Gasteiger partial charge in [0.25, 0.3) is 0 Å². The lowest BCUT2D eigenvalue weighted by Crippen LogP contribution is -2.39. The van der Waals surface area contributed by atoms with Crippen LogP contribution in [0, 0.1) is 11.8 Å². The molecule has 1 aromatic carbocycles. The van der Waals surface area contributed by atoms with Crippen molar-refractivity contribution in [3.8, 4) is 0 Å². The van der Waals surface area contributed by atoms with Crippen molar-refractivity contribution in [2.24, 2.45) is 11.8 Å². The minimum absolute atomic E-state index is 0.336. The highest BCUT2D eigenvalue weighted by atomic mass is 35.5. The number of thiophene rings is 1. The highest BCUT2D eigenvalue weighted by molar-refractivity contribution is 7.08. The molecular formula is C25H34Cl2N2OS. The smallest absolute Gasteiger partial charge is 0.0519 e. The van der Waals surface area contributed by atoms with Crippen LogP contribution in [0.2, 0.25) is 10.0 Å². The lowest BCUT2D eigenvalue weighted by molar-refractivity contribution is 0.0285. The molecule has 2 saturated heterocycles. The molecule has 0 saturated carbocycles. The van der Waals surface area contributed by atoms with Gasteiger partial charge in [-0.1, -0.05) is 29.3 Å². The van der Waals surface area contributed by atoms with E-state index < -0.39 is 0 Å². The Morgan fingerprint density at radius 1 is 1.10 bits per heavy atom. The summed E-state index contributed by atoms with van der Waals surface area (Å²) >= 11 is 14.4. The Morgan fingerprint density at radius 2 is 1.90 bits per heavy atom. The summed E-state index contributed by atoms with van der Waals surface area (Å²) in [6.45, 7) is 11.9. The second-order valence-electron chi connectivity index (χ2n) is 9.48. The van der Waals surface area contributed by atoms with Crippen LogP contribution in [-0.4, -0.2) is 55.2 Å². The normalized spacial score (nSPS) is 23.8. The first kappa shape index (κ1) is 23.5. The largest absolute Gasteiger partial charge is 0.379 e. The summed E-state index contributed by atoms with van der Waals surface area (Å²) in [5.41, 5.74) is 2.67. The van der Waals surface area contributed by atoms with Crippen molar-refractivity contribution in [2.75, 3.05) is 39.3 Å². The molecule has 0 radical (unpaired) electrons. The van der Waals surface area contributed by atoms with Gasteiger partial charge in [0, 0.05) is 48.7 Å². The molecule has 0 amide bonds. The molecule has 0 N–H and O–H groups in total. The number of likely N-dealkylation sites (tertiary alicyclic amines) is 2. The molecule has 3 nitrogen and oxygen atoms in total. The van der Waals surface area contributed by atoms with Gasteiger partial charge in [0.2, 0.25) is 0 Å². The monoisotopic (exact) mass is 480 g/mol. The number of nitrogens with zero attached hydrogens (tertiary/aromatic N) is 2. The van der Waals surface area contributed by atoms with Gasteiger partial charge in [0.1, 0.15) is 0 Å². The molecule has 2 fully saturated rings. The van der Waals surface area contributed by atoms with Gasteiger partial charge >= 0.3 is 0 Å². The Morgan fingerprint density at radius 3 is 2.58 bits per heavy atom. The molecule has 31 heavy (non-hydrogen) atoms. The Bertz CT molecular complexity index is 821. The Kier molecular flexibility index (Phi) is 8.35. The van der Waals surface area contributed by atoms with Crippen LogP contribution in [0.25, 0.3) is 0 Å². The van der Waals surface area contributed by atoms with E-state index in [-0.39, 0.29) is 0 Å². The first-order valence-electron chi connectivity index (χ1n) is 11.5. The summed E-state index contributed by atoms with van der Waals surface area (Å²) in [4.78, 5) is 5.26. The van der Waals surface area contributed by atoms with Crippen molar-refractivity contribution in [3.05, 3.63) is 56.2 Å². The van der Waals surface area contributed by atoms with E-state index in [2.05, 4.69) is 46.5 Å². The fourth-order valence-corrected chi connectivity index (χ4v) is 6.22. The van der Waals surface area contributed by atoms with Crippen molar-refractivity contribution in [1.29, 1.82) is 0 Å². The maximum absolute atomic E-state index is 6.47. The second kappa shape index (κ2) is 11.0. The standard InChI is InChI=1S/C25H34Cl2N2OS/c1-18(2)30-16-19-5-8-28(9-6-19)13-22-14-29(15-24(22)21-7-10-31-17-21)12-20-3-4-23(26)11-25(20)27/h3-4,7,10-11,17-19,22,24H,5-6,8-9,12-16H2,1-2H3. The zero-order chi connectivity index (χ0) is 21.8. The van der Waals surface area contributed by atoms with Gasteiger partial charge in [0.15, 0.2) is 0 Å². The molecule has 2 aliphatic rings. The lowest BCUT2D eigenvalue weighted by atomic mass is 9.89. The molecule has 0 bridgehead atoms. The van der Waals surface area contributed by atoms with Crippen LogP contribution >= 0.6 is 34.5 Å². The van der Waals surface area contributed by atoms with E-state index in [0.717, 1.165) is 37.2 Å². The quantitative estimate of drug-likeness (QED) is 0.434. The van der Waals surface area contributed by atoms with Crippen LogP contribution in [0.15, 0.2) is 35.0 Å². The zero-order valence-electron chi connectivity index (χ0n) is 18.6. The van der Waals surface area contributed by atoms with E-state index in [1.165, 1.54) is 43.6 Å². The molecule has 4 rings (SSSR count). The van der Waals surface area contributed by atoms with Crippen LogP contribution in [0.4, 0.5) is 0 Å². The number of ether oxygens (including phenoxy) is 1. The molecule has 6 heteroatoms. The van der Waals surface area contributed by atoms with Crippen molar-refractivity contribution < 1.29 is 4.74 Å². The van der Waals surface area contributed by atoms with Crippen LogP contribution in [0.1, 0.15) is 43.7 Å². The van der Waals surface area contributed by atoms with Crippen LogP contribution in [-0.2, 0) is 11.3 Å². The fraction of sp³-hybridized carbons (Fsp3) is 0.600. The molecule has 2 aromatic rings. The number of rotatable bonds is 8. The topological polar surface area (TPSA) is 15.7 Å². The average molecular weight is 482 g/mol. The summed E-state index contributed by atoms with van der Waals surface area (Å²) in [6.07, 6.45) is 2.85. The fourth-order valence-electron chi connectivity index (χ4n) is 5.02. The number of benzene rings is 1. The van der Waals surface area contributed by atoms with Crippen LogP contribution in [0.5, 0.6) is 0 Å². The number of piperidine rings is 1. The third-order valence-electron chi connectivity index (χ3n) is 6.76. The average Bonchev–Trinajstić information content (AvgIpc) is 3.39. The summed E-state index contributed by atoms with van der Waals surface area (Å²) in [7, 11) is 0. The van der Waals surface area contributed by atoms with E-state index in [4.69, 9.17) is 27.9 Å². The third kappa shape index (κ3) is 6.46. The number of hydrogen-bond acceptors (Lipinski definition) is 4. The molecule has 2 aliphatic heterocycles.